The van der Waals surface area contributed by atoms with Crippen molar-refractivity contribution in [3.63, 3.8) is 0 Å². The van der Waals surface area contributed by atoms with Crippen LogP contribution in [0.25, 0.3) is 11.3 Å². The topological polar surface area (TPSA) is 71.5 Å². The third-order valence-corrected chi connectivity index (χ3v) is 3.93. The van der Waals surface area contributed by atoms with Gasteiger partial charge in [-0.1, -0.05) is 23.7 Å². The summed E-state index contributed by atoms with van der Waals surface area (Å²) in [4.78, 5) is 15.8. The monoisotopic (exact) mass is 368 g/mol. The lowest BCUT2D eigenvalue weighted by Crippen LogP contribution is -2.03. The molecular weight excluding hydrogens is 352 g/mol. The van der Waals surface area contributed by atoms with Gasteiger partial charge in [0.25, 0.3) is 0 Å². The lowest BCUT2D eigenvalue weighted by molar-refractivity contribution is 0.0698. The predicted molar refractivity (Wildman–Crippen MR) is 103 cm³/mol. The van der Waals surface area contributed by atoms with Gasteiger partial charge >= 0.3 is 5.97 Å². The van der Waals surface area contributed by atoms with Crippen molar-refractivity contribution >= 4 is 28.9 Å². The van der Waals surface area contributed by atoms with Gasteiger partial charge in [0.1, 0.15) is 5.75 Å². The molecule has 0 atom stereocenters. The number of anilines is 2. The van der Waals surface area contributed by atoms with Gasteiger partial charge in [0.05, 0.1) is 35.4 Å². The van der Waals surface area contributed by atoms with E-state index >= 15 is 0 Å². The summed E-state index contributed by atoms with van der Waals surface area (Å²) in [6, 6.07) is 16.1. The molecule has 0 saturated heterocycles. The van der Waals surface area contributed by atoms with Gasteiger partial charge in [-0.25, -0.2) is 4.79 Å². The lowest BCUT2D eigenvalue weighted by Gasteiger charge is -2.11. The molecule has 0 amide bonds. The standard InChI is InChI=1S/C20H17ClN2O3/c1-2-26-16-5-3-4-13(10-16)18-9-7-15(12-22-18)23-19-8-6-14(21)11-17(19)20(24)25/h3-12,23H,2H2,1H3,(H,24,25). The molecule has 1 aromatic heterocycles. The van der Waals surface area contributed by atoms with Gasteiger partial charge in [0, 0.05) is 10.6 Å². The number of pyridine rings is 1. The number of rotatable bonds is 6. The number of halogens is 1. The Labute approximate surface area is 156 Å². The molecule has 6 heteroatoms. The van der Waals surface area contributed by atoms with E-state index in [-0.39, 0.29) is 5.56 Å². The molecule has 132 valence electrons. The van der Waals surface area contributed by atoms with Crippen LogP contribution >= 0.6 is 11.6 Å². The maximum Gasteiger partial charge on any atom is 0.337 e. The van der Waals surface area contributed by atoms with Crippen molar-refractivity contribution in [2.24, 2.45) is 0 Å². The zero-order chi connectivity index (χ0) is 18.5. The van der Waals surface area contributed by atoms with E-state index in [0.29, 0.717) is 23.0 Å². The van der Waals surface area contributed by atoms with Crippen molar-refractivity contribution in [3.05, 3.63) is 71.4 Å². The molecule has 1 heterocycles. The summed E-state index contributed by atoms with van der Waals surface area (Å²) in [5, 5.41) is 12.7. The fourth-order valence-corrected chi connectivity index (χ4v) is 2.68. The maximum atomic E-state index is 11.4. The molecular formula is C20H17ClN2O3. The van der Waals surface area contributed by atoms with Gasteiger partial charge in [-0.3, -0.25) is 4.98 Å². The maximum absolute atomic E-state index is 11.4. The summed E-state index contributed by atoms with van der Waals surface area (Å²) in [6.45, 7) is 2.54. The number of ether oxygens (including phenoxy) is 1. The van der Waals surface area contributed by atoms with E-state index in [1.165, 1.54) is 6.07 Å². The summed E-state index contributed by atoms with van der Waals surface area (Å²) >= 11 is 5.87. The summed E-state index contributed by atoms with van der Waals surface area (Å²) in [5.74, 6) is -0.256. The van der Waals surface area contributed by atoms with Crippen LogP contribution in [0, 0.1) is 0 Å². The number of hydrogen-bond acceptors (Lipinski definition) is 4. The first-order valence-corrected chi connectivity index (χ1v) is 8.44. The van der Waals surface area contributed by atoms with Gasteiger partial charge in [-0.15, -0.1) is 0 Å². The molecule has 0 bridgehead atoms. The van der Waals surface area contributed by atoms with Crippen LogP contribution in [-0.2, 0) is 0 Å². The fraction of sp³-hybridized carbons (Fsp3) is 0.100. The number of aromatic nitrogens is 1. The Morgan fingerprint density at radius 2 is 2.04 bits per heavy atom. The molecule has 0 radical (unpaired) electrons. The summed E-state index contributed by atoms with van der Waals surface area (Å²) in [6.07, 6.45) is 1.66. The van der Waals surface area contributed by atoms with Gasteiger partial charge in [-0.05, 0) is 49.4 Å². The van der Waals surface area contributed by atoms with Crippen molar-refractivity contribution in [3.8, 4) is 17.0 Å². The fourth-order valence-electron chi connectivity index (χ4n) is 2.51. The Morgan fingerprint density at radius 3 is 2.73 bits per heavy atom. The third kappa shape index (κ3) is 4.13. The van der Waals surface area contributed by atoms with Crippen LogP contribution in [0.4, 0.5) is 11.4 Å². The first-order chi connectivity index (χ1) is 12.6. The highest BCUT2D eigenvalue weighted by atomic mass is 35.5. The molecule has 5 nitrogen and oxygen atoms in total. The Hall–Kier alpha value is -3.05. The Bertz CT molecular complexity index is 927. The van der Waals surface area contributed by atoms with Gasteiger partial charge in [0.2, 0.25) is 0 Å². The van der Waals surface area contributed by atoms with E-state index in [2.05, 4.69) is 10.3 Å². The molecule has 0 saturated carbocycles. The second kappa shape index (κ2) is 7.89. The molecule has 2 N–H and O–H groups in total. The highest BCUT2D eigenvalue weighted by Gasteiger charge is 2.11. The van der Waals surface area contributed by atoms with Crippen LogP contribution < -0.4 is 10.1 Å². The normalized spacial score (nSPS) is 10.4. The Kier molecular flexibility index (Phi) is 5.39. The lowest BCUT2D eigenvalue weighted by atomic mass is 10.1. The largest absolute Gasteiger partial charge is 0.494 e. The van der Waals surface area contributed by atoms with Crippen LogP contribution in [0.5, 0.6) is 5.75 Å². The van der Waals surface area contributed by atoms with Crippen LogP contribution in [0.2, 0.25) is 5.02 Å². The van der Waals surface area contributed by atoms with Crippen LogP contribution in [-0.4, -0.2) is 22.7 Å². The number of nitrogens with one attached hydrogen (secondary N) is 1. The summed E-state index contributed by atoms with van der Waals surface area (Å²) in [7, 11) is 0. The van der Waals surface area contributed by atoms with Crippen LogP contribution in [0.15, 0.2) is 60.8 Å². The van der Waals surface area contributed by atoms with E-state index in [1.807, 2.05) is 43.3 Å². The zero-order valence-electron chi connectivity index (χ0n) is 14.1. The SMILES string of the molecule is CCOc1cccc(-c2ccc(Nc3ccc(Cl)cc3C(=O)O)cn2)c1. The summed E-state index contributed by atoms with van der Waals surface area (Å²) in [5.41, 5.74) is 2.98. The van der Waals surface area contributed by atoms with Gasteiger partial charge in [-0.2, -0.15) is 0 Å². The van der Waals surface area contributed by atoms with Crippen molar-refractivity contribution in [2.75, 3.05) is 11.9 Å². The molecule has 0 unspecified atom stereocenters. The molecule has 0 fully saturated rings. The number of hydrogen-bond donors (Lipinski definition) is 2. The van der Waals surface area contributed by atoms with E-state index in [4.69, 9.17) is 16.3 Å². The smallest absolute Gasteiger partial charge is 0.337 e. The minimum atomic E-state index is -1.05. The minimum Gasteiger partial charge on any atom is -0.494 e. The number of carboxylic acid groups (broad SMARTS) is 1. The van der Waals surface area contributed by atoms with Crippen LogP contribution in [0.1, 0.15) is 17.3 Å². The van der Waals surface area contributed by atoms with Crippen molar-refractivity contribution in [1.82, 2.24) is 4.98 Å². The number of carbonyl (C=O) groups is 1. The predicted octanol–water partition coefficient (Wildman–Crippen LogP) is 5.24. The molecule has 0 aliphatic rings. The average Bonchev–Trinajstić information content (AvgIpc) is 2.64. The second-order valence-electron chi connectivity index (χ2n) is 5.51. The van der Waals surface area contributed by atoms with Crippen LogP contribution in [0.3, 0.4) is 0 Å². The number of benzene rings is 2. The first kappa shape index (κ1) is 17.8. The molecule has 26 heavy (non-hydrogen) atoms. The first-order valence-electron chi connectivity index (χ1n) is 8.06. The Balaban J connectivity index is 1.83. The van der Waals surface area contributed by atoms with E-state index in [9.17, 15) is 9.90 Å². The molecule has 0 aliphatic heterocycles. The second-order valence-corrected chi connectivity index (χ2v) is 5.95. The summed E-state index contributed by atoms with van der Waals surface area (Å²) < 4.78 is 5.51. The number of carboxylic acids is 1. The van der Waals surface area contributed by atoms with Gasteiger partial charge < -0.3 is 15.2 Å². The van der Waals surface area contributed by atoms with E-state index in [1.54, 1.807) is 18.3 Å². The molecule has 0 aliphatic carbocycles. The van der Waals surface area contributed by atoms with E-state index in [0.717, 1.165) is 17.0 Å². The van der Waals surface area contributed by atoms with Crippen molar-refractivity contribution < 1.29 is 14.6 Å². The average molecular weight is 369 g/mol. The number of nitrogens with zero attached hydrogens (tertiary/aromatic N) is 1. The number of aromatic carboxylic acids is 1. The minimum absolute atomic E-state index is 0.103. The highest BCUT2D eigenvalue weighted by molar-refractivity contribution is 6.31. The Morgan fingerprint density at radius 1 is 1.19 bits per heavy atom. The molecule has 0 spiro atoms. The zero-order valence-corrected chi connectivity index (χ0v) is 14.8. The van der Waals surface area contributed by atoms with Crippen molar-refractivity contribution in [2.45, 2.75) is 6.92 Å². The molecule has 3 rings (SSSR count). The molecule has 2 aromatic carbocycles. The van der Waals surface area contributed by atoms with Gasteiger partial charge in [0.15, 0.2) is 0 Å². The quantitative estimate of drug-likeness (QED) is 0.622. The van der Waals surface area contributed by atoms with E-state index < -0.39 is 5.97 Å². The third-order valence-electron chi connectivity index (χ3n) is 3.70. The highest BCUT2D eigenvalue weighted by Crippen LogP contribution is 2.26. The molecule has 3 aromatic rings. The van der Waals surface area contributed by atoms with Crippen molar-refractivity contribution in [1.29, 1.82) is 0 Å².